The summed E-state index contributed by atoms with van der Waals surface area (Å²) in [6, 6.07) is 9.22. The first-order valence-corrected chi connectivity index (χ1v) is 10.6. The summed E-state index contributed by atoms with van der Waals surface area (Å²) in [7, 11) is 1.78. The van der Waals surface area contributed by atoms with Crippen LogP contribution in [0, 0.1) is 0 Å². The summed E-state index contributed by atoms with van der Waals surface area (Å²) in [5.74, 6) is 0.639. The van der Waals surface area contributed by atoms with E-state index in [4.69, 9.17) is 16.3 Å². The van der Waals surface area contributed by atoms with Gasteiger partial charge in [-0.25, -0.2) is 4.68 Å². The van der Waals surface area contributed by atoms with Crippen LogP contribution in [0.1, 0.15) is 12.8 Å². The molecule has 152 valence electrons. The molecule has 4 rings (SSSR count). The molecular formula is C18H20ClN7O2S. The number of nitrogens with zero attached hydrogens (tertiary/aromatic N) is 6. The molecule has 1 atom stereocenters. The third-order valence-corrected chi connectivity index (χ3v) is 5.73. The van der Waals surface area contributed by atoms with Gasteiger partial charge in [0.25, 0.3) is 0 Å². The quantitative estimate of drug-likeness (QED) is 0.571. The highest BCUT2D eigenvalue weighted by Gasteiger charge is 2.19. The number of hydrogen-bond acceptors (Lipinski definition) is 7. The molecule has 1 saturated heterocycles. The summed E-state index contributed by atoms with van der Waals surface area (Å²) >= 11 is 7.22. The molecule has 3 aromatic rings. The van der Waals surface area contributed by atoms with Gasteiger partial charge in [-0.2, -0.15) is 5.10 Å². The maximum absolute atomic E-state index is 12.4. The van der Waals surface area contributed by atoms with Gasteiger partial charge in [-0.1, -0.05) is 35.5 Å². The summed E-state index contributed by atoms with van der Waals surface area (Å²) in [6.45, 7) is 1.38. The van der Waals surface area contributed by atoms with Crippen LogP contribution in [0.25, 0.3) is 11.3 Å². The van der Waals surface area contributed by atoms with E-state index in [2.05, 4.69) is 25.9 Å². The van der Waals surface area contributed by atoms with Crippen molar-refractivity contribution in [2.24, 2.45) is 7.05 Å². The molecule has 1 aliphatic heterocycles. The molecular weight excluding hydrogens is 414 g/mol. The number of halogens is 1. The number of carbonyl (C=O) groups is 1. The minimum absolute atomic E-state index is 0.132. The Labute approximate surface area is 176 Å². The van der Waals surface area contributed by atoms with E-state index in [0.717, 1.165) is 30.7 Å². The van der Waals surface area contributed by atoms with Gasteiger partial charge in [0.1, 0.15) is 5.82 Å². The zero-order chi connectivity index (χ0) is 20.2. The Morgan fingerprint density at radius 3 is 2.97 bits per heavy atom. The zero-order valence-electron chi connectivity index (χ0n) is 15.8. The van der Waals surface area contributed by atoms with E-state index in [0.29, 0.717) is 22.5 Å². The van der Waals surface area contributed by atoms with Crippen LogP contribution in [-0.2, 0) is 23.1 Å². The van der Waals surface area contributed by atoms with E-state index in [1.165, 1.54) is 11.8 Å². The second-order valence-electron chi connectivity index (χ2n) is 6.66. The van der Waals surface area contributed by atoms with Gasteiger partial charge in [-0.05, 0) is 35.4 Å². The summed E-state index contributed by atoms with van der Waals surface area (Å²) in [6.07, 6.45) is 2.19. The van der Waals surface area contributed by atoms with Crippen molar-refractivity contribution in [1.29, 1.82) is 0 Å². The highest BCUT2D eigenvalue weighted by Crippen LogP contribution is 2.24. The summed E-state index contributed by atoms with van der Waals surface area (Å²) in [4.78, 5) is 12.4. The van der Waals surface area contributed by atoms with Gasteiger partial charge in [0.05, 0.1) is 24.1 Å². The number of carbonyl (C=O) groups excluding carboxylic acids is 1. The van der Waals surface area contributed by atoms with Crippen LogP contribution in [0.4, 0.5) is 5.82 Å². The minimum Gasteiger partial charge on any atom is -0.376 e. The van der Waals surface area contributed by atoms with Gasteiger partial charge in [-0.3, -0.25) is 9.48 Å². The number of nitrogens with one attached hydrogen (secondary N) is 1. The average molecular weight is 434 g/mol. The molecule has 0 bridgehead atoms. The lowest BCUT2D eigenvalue weighted by molar-refractivity contribution is -0.113. The van der Waals surface area contributed by atoms with E-state index in [9.17, 15) is 4.79 Å². The minimum atomic E-state index is -0.160. The molecule has 0 spiro atoms. The van der Waals surface area contributed by atoms with Crippen molar-refractivity contribution in [1.82, 2.24) is 30.0 Å². The first-order chi connectivity index (χ1) is 14.1. The lowest BCUT2D eigenvalue weighted by Gasteiger charge is -2.10. The predicted octanol–water partition coefficient (Wildman–Crippen LogP) is 2.64. The summed E-state index contributed by atoms with van der Waals surface area (Å²) in [5, 5.41) is 20.3. The van der Waals surface area contributed by atoms with Gasteiger partial charge in [-0.15, -0.1) is 5.10 Å². The molecule has 9 nitrogen and oxygen atoms in total. The van der Waals surface area contributed by atoms with Gasteiger partial charge >= 0.3 is 0 Å². The largest absolute Gasteiger partial charge is 0.376 e. The summed E-state index contributed by atoms with van der Waals surface area (Å²) < 4.78 is 8.95. The van der Waals surface area contributed by atoms with Crippen LogP contribution >= 0.6 is 23.4 Å². The van der Waals surface area contributed by atoms with E-state index >= 15 is 0 Å². The maximum Gasteiger partial charge on any atom is 0.235 e. The Morgan fingerprint density at radius 2 is 2.21 bits per heavy atom. The molecule has 0 saturated carbocycles. The molecule has 1 aliphatic rings. The normalized spacial score (nSPS) is 16.3. The number of anilines is 1. The second kappa shape index (κ2) is 8.93. The van der Waals surface area contributed by atoms with Crippen LogP contribution in [0.3, 0.4) is 0 Å². The molecule has 1 amide bonds. The molecule has 3 heterocycles. The number of aromatic nitrogens is 6. The number of amides is 1. The molecule has 0 unspecified atom stereocenters. The van der Waals surface area contributed by atoms with Gasteiger partial charge in [0, 0.05) is 30.3 Å². The van der Waals surface area contributed by atoms with Crippen LogP contribution in [0.2, 0.25) is 5.02 Å². The number of hydrogen-bond donors (Lipinski definition) is 1. The average Bonchev–Trinajstić information content (AvgIpc) is 3.44. The van der Waals surface area contributed by atoms with Crippen LogP contribution in [0.15, 0.2) is 35.5 Å². The Balaban J connectivity index is 1.34. The monoisotopic (exact) mass is 433 g/mol. The number of benzene rings is 1. The maximum atomic E-state index is 12.4. The molecule has 0 radical (unpaired) electrons. The molecule has 29 heavy (non-hydrogen) atoms. The Kier molecular flexibility index (Phi) is 6.12. The number of rotatable bonds is 7. The van der Waals surface area contributed by atoms with Crippen molar-refractivity contribution < 1.29 is 9.53 Å². The van der Waals surface area contributed by atoms with E-state index < -0.39 is 0 Å². The van der Waals surface area contributed by atoms with E-state index in [1.807, 2.05) is 18.2 Å². The van der Waals surface area contributed by atoms with Crippen LogP contribution in [-0.4, -0.2) is 54.4 Å². The molecule has 1 aromatic carbocycles. The molecule has 1 fully saturated rings. The first kappa shape index (κ1) is 19.9. The lowest BCUT2D eigenvalue weighted by Crippen LogP contribution is -2.19. The van der Waals surface area contributed by atoms with Gasteiger partial charge in [0.2, 0.25) is 11.1 Å². The topological polar surface area (TPSA) is 99.8 Å². The number of aryl methyl sites for hydroxylation is 1. The Morgan fingerprint density at radius 1 is 1.38 bits per heavy atom. The van der Waals surface area contributed by atoms with Crippen molar-refractivity contribution in [3.8, 4) is 11.3 Å². The van der Waals surface area contributed by atoms with Crippen molar-refractivity contribution in [2.45, 2.75) is 30.6 Å². The second-order valence-corrected chi connectivity index (χ2v) is 8.04. The van der Waals surface area contributed by atoms with Crippen molar-refractivity contribution >= 4 is 35.1 Å². The van der Waals surface area contributed by atoms with Gasteiger partial charge < -0.3 is 10.1 Å². The molecule has 0 aliphatic carbocycles. The van der Waals surface area contributed by atoms with E-state index in [1.54, 1.807) is 28.5 Å². The zero-order valence-corrected chi connectivity index (χ0v) is 17.4. The van der Waals surface area contributed by atoms with E-state index in [-0.39, 0.29) is 17.8 Å². The molecule has 1 N–H and O–H groups in total. The fourth-order valence-electron chi connectivity index (χ4n) is 3.05. The van der Waals surface area contributed by atoms with Gasteiger partial charge in [0.15, 0.2) is 0 Å². The first-order valence-electron chi connectivity index (χ1n) is 9.19. The van der Waals surface area contributed by atoms with Crippen LogP contribution < -0.4 is 5.32 Å². The Bertz CT molecular complexity index is 983. The fraction of sp³-hybridized carbons (Fsp3) is 0.389. The number of ether oxygens (including phenoxy) is 1. The summed E-state index contributed by atoms with van der Waals surface area (Å²) in [5.41, 5.74) is 1.68. The SMILES string of the molecule is Cn1nc(-c2ccc(Cl)cc2)cc1NC(=O)CSc1nnnn1C[C@@H]1CCCO1. The highest BCUT2D eigenvalue weighted by molar-refractivity contribution is 7.99. The smallest absolute Gasteiger partial charge is 0.235 e. The number of tetrazole rings is 1. The molecule has 2 aromatic heterocycles. The third kappa shape index (κ3) is 4.95. The molecule has 11 heteroatoms. The van der Waals surface area contributed by atoms with Crippen molar-refractivity contribution in [3.63, 3.8) is 0 Å². The fourth-order valence-corrected chi connectivity index (χ4v) is 3.86. The highest BCUT2D eigenvalue weighted by atomic mass is 35.5. The standard InChI is InChI=1S/C18H20ClN7O2S/c1-25-16(9-15(22-25)12-4-6-13(19)7-5-12)20-17(27)11-29-18-21-23-24-26(18)10-14-3-2-8-28-14/h4-7,9,14H,2-3,8,10-11H2,1H3,(H,20,27)/t14-/m0/s1. The lowest BCUT2D eigenvalue weighted by atomic mass is 10.1. The third-order valence-electron chi connectivity index (χ3n) is 4.52. The number of thioether (sulfide) groups is 1. The van der Waals surface area contributed by atoms with Crippen molar-refractivity contribution in [2.75, 3.05) is 17.7 Å². The van der Waals surface area contributed by atoms with Crippen molar-refractivity contribution in [3.05, 3.63) is 35.4 Å². The Hall–Kier alpha value is -2.43. The van der Waals surface area contributed by atoms with Crippen LogP contribution in [0.5, 0.6) is 0 Å². The predicted molar refractivity (Wildman–Crippen MR) is 110 cm³/mol.